The summed E-state index contributed by atoms with van der Waals surface area (Å²) in [5, 5.41) is 11.6. The van der Waals surface area contributed by atoms with Crippen LogP contribution in [-0.2, 0) is 0 Å². The van der Waals surface area contributed by atoms with E-state index >= 15 is 0 Å². The second-order valence-corrected chi connectivity index (χ2v) is 8.54. The Morgan fingerprint density at radius 2 is 1.38 bits per heavy atom. The van der Waals surface area contributed by atoms with E-state index in [0.717, 1.165) is 32.6 Å². The van der Waals surface area contributed by atoms with E-state index in [0.29, 0.717) is 35.4 Å². The minimum absolute atomic E-state index is 0.0354. The predicted octanol–water partition coefficient (Wildman–Crippen LogP) is 2.93. The Balaban J connectivity index is 2.01. The average Bonchev–Trinajstić information content (AvgIpc) is 2.51. The molecule has 0 radical (unpaired) electrons. The van der Waals surface area contributed by atoms with Crippen LogP contribution in [0.4, 0.5) is 23.3 Å². The number of nitrogens with zero attached hydrogens (tertiary/aromatic N) is 5. The Morgan fingerprint density at radius 3 is 1.85 bits per heavy atom. The fraction of sp³-hybridized carbons (Fsp3) is 0.778. The second-order valence-electron chi connectivity index (χ2n) is 8.54. The number of hydrogen-bond donors (Lipinski definition) is 1. The molecule has 0 aliphatic carbocycles. The molecule has 3 rings (SSSR count). The molecule has 1 aromatic heterocycles. The van der Waals surface area contributed by atoms with Crippen LogP contribution in [0.1, 0.15) is 40.5 Å². The van der Waals surface area contributed by atoms with Crippen molar-refractivity contribution in [2.45, 2.75) is 40.5 Å². The highest BCUT2D eigenvalue weighted by atomic mass is 16.6. The van der Waals surface area contributed by atoms with Gasteiger partial charge in [0, 0.05) is 26.2 Å². The van der Waals surface area contributed by atoms with Gasteiger partial charge in [0.1, 0.15) is 0 Å². The number of anilines is 3. The van der Waals surface area contributed by atoms with Gasteiger partial charge in [-0.1, -0.05) is 27.7 Å². The highest BCUT2D eigenvalue weighted by Crippen LogP contribution is 2.37. The van der Waals surface area contributed by atoms with E-state index in [1.165, 1.54) is 6.42 Å². The number of aromatic nitrogens is 2. The summed E-state index contributed by atoms with van der Waals surface area (Å²) >= 11 is 0. The van der Waals surface area contributed by atoms with E-state index in [1.807, 2.05) is 4.90 Å². The quantitative estimate of drug-likeness (QED) is 0.651. The highest BCUT2D eigenvalue weighted by Gasteiger charge is 2.33. The first-order valence-electron chi connectivity index (χ1n) is 9.56. The zero-order valence-corrected chi connectivity index (χ0v) is 16.2. The van der Waals surface area contributed by atoms with Gasteiger partial charge in [0.2, 0.25) is 17.6 Å². The molecular weight excluding hydrogens is 332 g/mol. The third kappa shape index (κ3) is 3.83. The van der Waals surface area contributed by atoms with E-state index < -0.39 is 4.92 Å². The Hall–Kier alpha value is -2.12. The van der Waals surface area contributed by atoms with Crippen LogP contribution in [0, 0.1) is 33.8 Å². The smallest absolute Gasteiger partial charge is 0.353 e. The molecule has 8 heteroatoms. The summed E-state index contributed by atoms with van der Waals surface area (Å²) in [5.74, 6) is 2.87. The molecule has 4 atom stereocenters. The first-order chi connectivity index (χ1) is 12.2. The molecule has 0 aromatic carbocycles. The van der Waals surface area contributed by atoms with Gasteiger partial charge in [0.15, 0.2) is 0 Å². The van der Waals surface area contributed by atoms with Crippen LogP contribution in [-0.4, -0.2) is 41.1 Å². The lowest BCUT2D eigenvalue weighted by atomic mass is 9.92. The Bertz CT molecular complexity index is 662. The first kappa shape index (κ1) is 18.7. The molecule has 1 aromatic rings. The fourth-order valence-corrected chi connectivity index (χ4v) is 4.65. The zero-order chi connectivity index (χ0) is 19.0. The van der Waals surface area contributed by atoms with Gasteiger partial charge in [-0.3, -0.25) is 10.1 Å². The minimum Gasteiger partial charge on any atom is -0.378 e. The number of nitrogen functional groups attached to an aromatic ring is 1. The fourth-order valence-electron chi connectivity index (χ4n) is 4.65. The molecule has 3 heterocycles. The highest BCUT2D eigenvalue weighted by molar-refractivity contribution is 5.71. The largest absolute Gasteiger partial charge is 0.378 e. The molecule has 0 saturated carbocycles. The third-order valence-electron chi connectivity index (χ3n) is 5.38. The van der Waals surface area contributed by atoms with E-state index in [-0.39, 0.29) is 11.5 Å². The predicted molar refractivity (Wildman–Crippen MR) is 103 cm³/mol. The molecule has 8 nitrogen and oxygen atoms in total. The molecule has 0 unspecified atom stereocenters. The Labute approximate surface area is 154 Å². The standard InChI is InChI=1S/C18H30N6O2/c1-11-5-12(2)8-22(7-11)17-15(24(25)26)16(19)20-18(21-17)23-9-13(3)6-14(4)10-23/h11-14H,5-10H2,1-4H3,(H2,19,20,21)/t11-,12+,13-,14-/m1/s1. The molecule has 0 spiro atoms. The van der Waals surface area contributed by atoms with Gasteiger partial charge in [0.25, 0.3) is 0 Å². The maximum absolute atomic E-state index is 11.6. The monoisotopic (exact) mass is 362 g/mol. The van der Waals surface area contributed by atoms with Gasteiger partial charge in [-0.25, -0.2) is 0 Å². The van der Waals surface area contributed by atoms with Crippen molar-refractivity contribution < 1.29 is 4.92 Å². The zero-order valence-electron chi connectivity index (χ0n) is 16.2. The minimum atomic E-state index is -0.445. The van der Waals surface area contributed by atoms with Crippen molar-refractivity contribution in [1.82, 2.24) is 9.97 Å². The summed E-state index contributed by atoms with van der Waals surface area (Å²) in [6.07, 6.45) is 2.30. The van der Waals surface area contributed by atoms with Crippen molar-refractivity contribution in [3.05, 3.63) is 10.1 Å². The molecule has 26 heavy (non-hydrogen) atoms. The van der Waals surface area contributed by atoms with Crippen molar-refractivity contribution in [2.75, 3.05) is 41.7 Å². The number of nitrogens with two attached hydrogens (primary N) is 1. The third-order valence-corrected chi connectivity index (χ3v) is 5.38. The summed E-state index contributed by atoms with van der Waals surface area (Å²) < 4.78 is 0. The van der Waals surface area contributed by atoms with Crippen molar-refractivity contribution in [3.63, 3.8) is 0 Å². The molecular formula is C18H30N6O2. The van der Waals surface area contributed by atoms with Crippen molar-refractivity contribution in [2.24, 2.45) is 23.7 Å². The van der Waals surface area contributed by atoms with Gasteiger partial charge in [-0.2, -0.15) is 9.97 Å². The van der Waals surface area contributed by atoms with E-state index in [1.54, 1.807) is 0 Å². The number of nitro groups is 1. The lowest BCUT2D eigenvalue weighted by Crippen LogP contribution is -2.42. The maximum Gasteiger partial charge on any atom is 0.353 e. The first-order valence-corrected chi connectivity index (χ1v) is 9.56. The lowest BCUT2D eigenvalue weighted by Gasteiger charge is -2.37. The topological polar surface area (TPSA) is 101 Å². The van der Waals surface area contributed by atoms with Crippen molar-refractivity contribution >= 4 is 23.3 Å². The summed E-state index contributed by atoms with van der Waals surface area (Å²) in [5.41, 5.74) is 5.87. The van der Waals surface area contributed by atoms with Crippen molar-refractivity contribution in [1.29, 1.82) is 0 Å². The Morgan fingerprint density at radius 1 is 0.923 bits per heavy atom. The molecule has 2 aliphatic heterocycles. The summed E-state index contributed by atoms with van der Waals surface area (Å²) in [6.45, 7) is 12.0. The summed E-state index contributed by atoms with van der Waals surface area (Å²) in [7, 11) is 0. The molecule has 2 fully saturated rings. The van der Waals surface area contributed by atoms with Crippen LogP contribution in [0.2, 0.25) is 0 Å². The van der Waals surface area contributed by atoms with Crippen LogP contribution < -0.4 is 15.5 Å². The average molecular weight is 362 g/mol. The van der Waals surface area contributed by atoms with E-state index in [2.05, 4.69) is 42.6 Å². The van der Waals surface area contributed by atoms with Gasteiger partial charge >= 0.3 is 5.69 Å². The van der Waals surface area contributed by atoms with E-state index in [9.17, 15) is 10.1 Å². The van der Waals surface area contributed by atoms with Crippen LogP contribution in [0.3, 0.4) is 0 Å². The number of rotatable bonds is 3. The molecule has 2 N–H and O–H groups in total. The maximum atomic E-state index is 11.6. The van der Waals surface area contributed by atoms with E-state index in [4.69, 9.17) is 5.73 Å². The number of hydrogen-bond acceptors (Lipinski definition) is 7. The molecule has 144 valence electrons. The lowest BCUT2D eigenvalue weighted by molar-refractivity contribution is -0.383. The second kappa shape index (κ2) is 7.25. The van der Waals surface area contributed by atoms with Crippen LogP contribution >= 0.6 is 0 Å². The number of piperidine rings is 2. The van der Waals surface area contributed by atoms with Crippen LogP contribution in [0.15, 0.2) is 0 Å². The molecule has 0 bridgehead atoms. The van der Waals surface area contributed by atoms with Gasteiger partial charge < -0.3 is 15.5 Å². The SMILES string of the molecule is C[C@@H]1C[C@@H](C)CN(c2nc(N)c([N+](=O)[O-])c(N3C[C@H](C)C[C@H](C)C3)n2)C1. The van der Waals surface area contributed by atoms with Crippen LogP contribution in [0.25, 0.3) is 0 Å². The molecule has 2 saturated heterocycles. The van der Waals surface area contributed by atoms with Crippen LogP contribution in [0.5, 0.6) is 0 Å². The summed E-state index contributed by atoms with van der Waals surface area (Å²) in [6, 6.07) is 0. The van der Waals surface area contributed by atoms with Gasteiger partial charge in [-0.15, -0.1) is 0 Å². The van der Waals surface area contributed by atoms with Gasteiger partial charge in [0.05, 0.1) is 4.92 Å². The molecule has 0 amide bonds. The summed E-state index contributed by atoms with van der Waals surface area (Å²) in [4.78, 5) is 24.3. The van der Waals surface area contributed by atoms with Gasteiger partial charge in [-0.05, 0) is 36.5 Å². The van der Waals surface area contributed by atoms with Crippen molar-refractivity contribution in [3.8, 4) is 0 Å². The normalized spacial score (nSPS) is 29.7. The Kier molecular flexibility index (Phi) is 5.20. The molecule has 2 aliphatic rings.